The number of nitrogens with zero attached hydrogens (tertiary/aromatic N) is 1. The number of likely N-dealkylation sites (N-methyl/N-ethyl adjacent to an activating group) is 1. The first-order valence-corrected chi connectivity index (χ1v) is 6.47. The molecule has 0 amide bonds. The lowest BCUT2D eigenvalue weighted by Crippen LogP contribution is -2.26. The molecule has 1 aromatic carbocycles. The molecule has 0 radical (unpaired) electrons. The van der Waals surface area contributed by atoms with Crippen LogP contribution < -0.4 is 5.73 Å². The minimum atomic E-state index is -0.547. The third kappa shape index (κ3) is 5.04. The molecule has 0 saturated carbocycles. The molecule has 0 saturated heterocycles. The number of nitrogens with two attached hydrogens (primary N) is 1. The van der Waals surface area contributed by atoms with Crippen LogP contribution in [-0.4, -0.2) is 41.9 Å². The molecule has 4 nitrogen and oxygen atoms in total. The predicted molar refractivity (Wildman–Crippen MR) is 74.2 cm³/mol. The number of hydrogen-bond acceptors (Lipinski definition) is 4. The molecule has 0 fully saturated rings. The molecule has 18 heavy (non-hydrogen) atoms. The number of hydrogen-bond donors (Lipinski definition) is 3. The first-order chi connectivity index (χ1) is 8.65. The van der Waals surface area contributed by atoms with Crippen molar-refractivity contribution in [3.05, 3.63) is 29.8 Å². The van der Waals surface area contributed by atoms with Gasteiger partial charge >= 0.3 is 0 Å². The van der Waals surface area contributed by atoms with Crippen molar-refractivity contribution in [3.8, 4) is 0 Å². The van der Waals surface area contributed by atoms with E-state index in [4.69, 9.17) is 10.8 Å². The maximum atomic E-state index is 10.1. The first-order valence-electron chi connectivity index (χ1n) is 6.47. The Morgan fingerprint density at radius 1 is 1.22 bits per heavy atom. The van der Waals surface area contributed by atoms with Gasteiger partial charge in [0.25, 0.3) is 0 Å². The average molecular weight is 252 g/mol. The van der Waals surface area contributed by atoms with Gasteiger partial charge < -0.3 is 20.8 Å². The zero-order valence-corrected chi connectivity index (χ0v) is 11.0. The summed E-state index contributed by atoms with van der Waals surface area (Å²) >= 11 is 0. The van der Waals surface area contributed by atoms with Gasteiger partial charge in [-0.3, -0.25) is 0 Å². The third-order valence-electron chi connectivity index (χ3n) is 3.04. The highest BCUT2D eigenvalue weighted by molar-refractivity contribution is 5.47. The van der Waals surface area contributed by atoms with Gasteiger partial charge in [0, 0.05) is 24.4 Å². The van der Waals surface area contributed by atoms with Gasteiger partial charge in [-0.15, -0.1) is 0 Å². The van der Waals surface area contributed by atoms with Crippen molar-refractivity contribution in [2.24, 2.45) is 0 Å². The smallest absolute Gasteiger partial charge is 0.0936 e. The van der Waals surface area contributed by atoms with Crippen molar-refractivity contribution >= 4 is 5.69 Å². The summed E-state index contributed by atoms with van der Waals surface area (Å²) in [6.07, 6.45) is 2.36. The molecule has 0 spiro atoms. The summed E-state index contributed by atoms with van der Waals surface area (Å²) in [6, 6.07) is 7.42. The van der Waals surface area contributed by atoms with Crippen LogP contribution in [0.3, 0.4) is 0 Å². The van der Waals surface area contributed by atoms with Gasteiger partial charge in [0.15, 0.2) is 0 Å². The van der Waals surface area contributed by atoms with Crippen LogP contribution in [0.15, 0.2) is 24.3 Å². The number of nitrogen functional groups attached to an aromatic ring is 1. The zero-order valence-electron chi connectivity index (χ0n) is 11.0. The van der Waals surface area contributed by atoms with Gasteiger partial charge in [0.2, 0.25) is 0 Å². The molecule has 0 heterocycles. The predicted octanol–water partition coefficient (Wildman–Crippen LogP) is 1.40. The van der Waals surface area contributed by atoms with Crippen LogP contribution in [0.5, 0.6) is 0 Å². The highest BCUT2D eigenvalue weighted by Crippen LogP contribution is 2.20. The van der Waals surface area contributed by atoms with Crippen LogP contribution in [0.1, 0.15) is 30.9 Å². The molecule has 102 valence electrons. The van der Waals surface area contributed by atoms with Crippen LogP contribution in [-0.2, 0) is 0 Å². The molecule has 1 rings (SSSR count). The lowest BCUT2D eigenvalue weighted by Gasteiger charge is -2.21. The molecule has 0 aromatic heterocycles. The summed E-state index contributed by atoms with van der Waals surface area (Å²) in [5, 5.41) is 18.8. The number of aliphatic hydroxyl groups excluding tert-OH is 2. The van der Waals surface area contributed by atoms with Gasteiger partial charge in [-0.1, -0.05) is 18.2 Å². The number of para-hydroxylation sites is 1. The van der Waals surface area contributed by atoms with Crippen LogP contribution >= 0.6 is 0 Å². The number of benzene rings is 1. The van der Waals surface area contributed by atoms with Gasteiger partial charge in [-0.2, -0.15) is 0 Å². The SMILES string of the molecule is CN(CCCCCO)CC(O)c1ccccc1N. The fraction of sp³-hybridized carbons (Fsp3) is 0.571. The first kappa shape index (κ1) is 15.0. The summed E-state index contributed by atoms with van der Waals surface area (Å²) in [6.45, 7) is 1.75. The van der Waals surface area contributed by atoms with Gasteiger partial charge in [-0.05, 0) is 38.9 Å². The van der Waals surface area contributed by atoms with E-state index in [0.717, 1.165) is 31.4 Å². The summed E-state index contributed by atoms with van der Waals surface area (Å²) in [5.74, 6) is 0. The van der Waals surface area contributed by atoms with E-state index >= 15 is 0 Å². The highest BCUT2D eigenvalue weighted by Gasteiger charge is 2.12. The van der Waals surface area contributed by atoms with E-state index in [1.807, 2.05) is 25.2 Å². The van der Waals surface area contributed by atoms with Crippen LogP contribution in [0.25, 0.3) is 0 Å². The molecule has 1 atom stereocenters. The maximum absolute atomic E-state index is 10.1. The van der Waals surface area contributed by atoms with E-state index in [9.17, 15) is 5.11 Å². The van der Waals surface area contributed by atoms with Crippen LogP contribution in [0.2, 0.25) is 0 Å². The topological polar surface area (TPSA) is 69.7 Å². The van der Waals surface area contributed by atoms with E-state index < -0.39 is 6.10 Å². The fourth-order valence-electron chi connectivity index (χ4n) is 1.97. The van der Waals surface area contributed by atoms with Crippen molar-refractivity contribution in [2.45, 2.75) is 25.4 Å². The Hall–Kier alpha value is -1.10. The Kier molecular flexibility index (Phi) is 6.72. The second-order valence-corrected chi connectivity index (χ2v) is 4.69. The van der Waals surface area contributed by atoms with Crippen LogP contribution in [0.4, 0.5) is 5.69 Å². The van der Waals surface area contributed by atoms with E-state index in [1.165, 1.54) is 0 Å². The Morgan fingerprint density at radius 2 is 1.94 bits per heavy atom. The van der Waals surface area contributed by atoms with E-state index in [1.54, 1.807) is 6.07 Å². The second-order valence-electron chi connectivity index (χ2n) is 4.69. The van der Waals surface area contributed by atoms with Gasteiger partial charge in [-0.25, -0.2) is 0 Å². The Bertz CT molecular complexity index is 344. The number of unbranched alkanes of at least 4 members (excludes halogenated alkanes) is 2. The maximum Gasteiger partial charge on any atom is 0.0936 e. The van der Waals surface area contributed by atoms with Gasteiger partial charge in [0.05, 0.1) is 6.10 Å². The second kappa shape index (κ2) is 8.08. The fourth-order valence-corrected chi connectivity index (χ4v) is 1.97. The lowest BCUT2D eigenvalue weighted by atomic mass is 10.1. The molecule has 1 unspecified atom stereocenters. The van der Waals surface area contributed by atoms with E-state index in [-0.39, 0.29) is 6.61 Å². The standard InChI is InChI=1S/C14H24N2O2/c1-16(9-5-2-6-10-17)11-14(18)12-7-3-4-8-13(12)15/h3-4,7-8,14,17-18H,2,5-6,9-11,15H2,1H3. The minimum absolute atomic E-state index is 0.257. The average Bonchev–Trinajstić information content (AvgIpc) is 2.35. The monoisotopic (exact) mass is 252 g/mol. The summed E-state index contributed by atoms with van der Waals surface area (Å²) in [5.41, 5.74) is 7.26. The normalized spacial score (nSPS) is 12.9. The van der Waals surface area contributed by atoms with Crippen molar-refractivity contribution in [1.29, 1.82) is 0 Å². The quantitative estimate of drug-likeness (QED) is 0.483. The van der Waals surface area contributed by atoms with Crippen molar-refractivity contribution in [2.75, 3.05) is 32.5 Å². The van der Waals surface area contributed by atoms with Crippen LogP contribution in [0, 0.1) is 0 Å². The Morgan fingerprint density at radius 3 is 2.61 bits per heavy atom. The number of aliphatic hydroxyl groups is 2. The lowest BCUT2D eigenvalue weighted by molar-refractivity contribution is 0.126. The molecule has 4 heteroatoms. The van der Waals surface area contributed by atoms with Crippen molar-refractivity contribution in [1.82, 2.24) is 4.90 Å². The summed E-state index contributed by atoms with van der Waals surface area (Å²) in [4.78, 5) is 2.09. The molecule has 0 aliphatic carbocycles. The Labute approximate surface area is 109 Å². The molecule has 0 aliphatic heterocycles. The zero-order chi connectivity index (χ0) is 13.4. The van der Waals surface area contributed by atoms with E-state index in [0.29, 0.717) is 12.2 Å². The largest absolute Gasteiger partial charge is 0.398 e. The molecule has 0 bridgehead atoms. The third-order valence-corrected chi connectivity index (χ3v) is 3.04. The van der Waals surface area contributed by atoms with Crippen molar-refractivity contribution in [3.63, 3.8) is 0 Å². The molecule has 1 aromatic rings. The summed E-state index contributed by atoms with van der Waals surface area (Å²) < 4.78 is 0. The molecule has 4 N–H and O–H groups in total. The molecule has 0 aliphatic rings. The summed E-state index contributed by atoms with van der Waals surface area (Å²) in [7, 11) is 1.99. The Balaban J connectivity index is 2.35. The number of rotatable bonds is 8. The van der Waals surface area contributed by atoms with Gasteiger partial charge in [0.1, 0.15) is 0 Å². The van der Waals surface area contributed by atoms with E-state index in [2.05, 4.69) is 4.90 Å². The molecular formula is C14H24N2O2. The number of anilines is 1. The molecular weight excluding hydrogens is 228 g/mol. The van der Waals surface area contributed by atoms with Crippen molar-refractivity contribution < 1.29 is 10.2 Å². The minimum Gasteiger partial charge on any atom is -0.398 e. The highest BCUT2D eigenvalue weighted by atomic mass is 16.3.